The van der Waals surface area contributed by atoms with Gasteiger partial charge in [0.25, 0.3) is 0 Å². The Morgan fingerprint density at radius 2 is 1.87 bits per heavy atom. The average molecular weight is 359 g/mol. The van der Waals surface area contributed by atoms with Crippen molar-refractivity contribution in [2.24, 2.45) is 0 Å². The number of benzene rings is 1. The van der Waals surface area contributed by atoms with E-state index in [9.17, 15) is 18.0 Å². The van der Waals surface area contributed by atoms with Gasteiger partial charge in [-0.3, -0.25) is 9.59 Å². The Kier molecular flexibility index (Phi) is 6.01. The number of carbonyl (C=O) groups is 2. The van der Waals surface area contributed by atoms with Gasteiger partial charge in [0.2, 0.25) is 11.8 Å². The topological polar surface area (TPSA) is 92.3 Å². The highest BCUT2D eigenvalue weighted by molar-refractivity contribution is 7.91. The van der Waals surface area contributed by atoms with Crippen molar-refractivity contribution >= 4 is 33.3 Å². The first kappa shape index (κ1) is 17.7. The first-order valence-corrected chi connectivity index (χ1v) is 9.55. The molecule has 2 N–H and O–H groups in total. The molecule has 0 bridgehead atoms. The summed E-state index contributed by atoms with van der Waals surface area (Å²) in [5, 5.41) is 5.91. The molecular formula is C15H19ClN2O4S. The molecule has 1 aliphatic heterocycles. The van der Waals surface area contributed by atoms with Gasteiger partial charge in [-0.1, -0.05) is 23.7 Å². The van der Waals surface area contributed by atoms with Crippen LogP contribution in [-0.4, -0.2) is 44.3 Å². The van der Waals surface area contributed by atoms with E-state index in [4.69, 9.17) is 11.6 Å². The van der Waals surface area contributed by atoms with Crippen LogP contribution in [0.1, 0.15) is 18.4 Å². The number of rotatable bonds is 6. The first-order chi connectivity index (χ1) is 10.8. The van der Waals surface area contributed by atoms with Crippen LogP contribution in [0.15, 0.2) is 24.3 Å². The quantitative estimate of drug-likeness (QED) is 0.732. The fraction of sp³-hybridized carbons (Fsp3) is 0.467. The molecule has 23 heavy (non-hydrogen) atoms. The van der Waals surface area contributed by atoms with E-state index in [2.05, 4.69) is 10.6 Å². The van der Waals surface area contributed by atoms with Gasteiger partial charge in [0, 0.05) is 17.6 Å². The van der Waals surface area contributed by atoms with E-state index in [0.717, 1.165) is 5.56 Å². The Balaban J connectivity index is 1.66. The van der Waals surface area contributed by atoms with Gasteiger partial charge in [0.05, 0.1) is 11.5 Å². The predicted octanol–water partition coefficient (Wildman–Crippen LogP) is 0.692. The van der Waals surface area contributed by atoms with Crippen molar-refractivity contribution in [3.63, 3.8) is 0 Å². The van der Waals surface area contributed by atoms with Crippen molar-refractivity contribution in [3.8, 4) is 0 Å². The van der Waals surface area contributed by atoms with Crippen LogP contribution in [0.2, 0.25) is 5.02 Å². The van der Waals surface area contributed by atoms with Crippen molar-refractivity contribution in [1.82, 2.24) is 10.6 Å². The highest BCUT2D eigenvalue weighted by Gasteiger charge is 2.29. The minimum atomic E-state index is -3.04. The van der Waals surface area contributed by atoms with Crippen LogP contribution >= 0.6 is 11.6 Å². The molecule has 2 rings (SSSR count). The number of carbonyl (C=O) groups excluding carboxylic acids is 2. The number of amides is 2. The zero-order valence-corrected chi connectivity index (χ0v) is 14.1. The van der Waals surface area contributed by atoms with Gasteiger partial charge in [-0.2, -0.15) is 0 Å². The molecule has 2 amide bonds. The van der Waals surface area contributed by atoms with E-state index in [0.29, 0.717) is 24.4 Å². The fourth-order valence-corrected chi connectivity index (χ4v) is 4.19. The maximum absolute atomic E-state index is 11.7. The number of hydrogen-bond donors (Lipinski definition) is 2. The lowest BCUT2D eigenvalue weighted by molar-refractivity contribution is -0.129. The molecule has 0 aromatic heterocycles. The molecule has 0 radical (unpaired) electrons. The Bertz CT molecular complexity index is 673. The van der Waals surface area contributed by atoms with Crippen LogP contribution in [0.3, 0.4) is 0 Å². The molecule has 1 unspecified atom stereocenters. The van der Waals surface area contributed by atoms with E-state index >= 15 is 0 Å². The second-order valence-electron chi connectivity index (χ2n) is 5.57. The molecule has 1 fully saturated rings. The van der Waals surface area contributed by atoms with Gasteiger partial charge in [-0.15, -0.1) is 0 Å². The lowest BCUT2D eigenvalue weighted by atomic mass is 10.1. The Hall–Kier alpha value is -1.60. The van der Waals surface area contributed by atoms with E-state index < -0.39 is 15.7 Å². The third-order valence-corrected chi connectivity index (χ3v) is 5.59. The van der Waals surface area contributed by atoms with Gasteiger partial charge in [-0.05, 0) is 30.5 Å². The van der Waals surface area contributed by atoms with Crippen molar-refractivity contribution in [3.05, 3.63) is 34.9 Å². The molecule has 0 spiro atoms. The molecule has 8 heteroatoms. The van der Waals surface area contributed by atoms with Crippen molar-refractivity contribution in [2.45, 2.75) is 25.3 Å². The highest BCUT2D eigenvalue weighted by Crippen LogP contribution is 2.11. The first-order valence-electron chi connectivity index (χ1n) is 7.35. The summed E-state index contributed by atoms with van der Waals surface area (Å²) in [7, 11) is -3.04. The van der Waals surface area contributed by atoms with E-state index in [-0.39, 0.29) is 29.9 Å². The van der Waals surface area contributed by atoms with Crippen LogP contribution < -0.4 is 10.6 Å². The summed E-state index contributed by atoms with van der Waals surface area (Å²) >= 11 is 5.79. The Labute approximate surface area is 140 Å². The summed E-state index contributed by atoms with van der Waals surface area (Å²) in [6.45, 7) is 0.422. The van der Waals surface area contributed by atoms with Gasteiger partial charge in [0.1, 0.15) is 6.42 Å². The molecular weight excluding hydrogens is 340 g/mol. The minimum absolute atomic E-state index is 0.0447. The summed E-state index contributed by atoms with van der Waals surface area (Å²) in [5.74, 6) is -0.782. The summed E-state index contributed by atoms with van der Waals surface area (Å²) < 4.78 is 22.6. The van der Waals surface area contributed by atoms with Crippen LogP contribution in [0.4, 0.5) is 0 Å². The summed E-state index contributed by atoms with van der Waals surface area (Å²) in [5.41, 5.74) is 1.04. The second kappa shape index (κ2) is 7.79. The number of halogens is 1. The zero-order chi connectivity index (χ0) is 16.9. The summed E-state index contributed by atoms with van der Waals surface area (Å²) in [6, 6.07) is 6.93. The van der Waals surface area contributed by atoms with Crippen molar-refractivity contribution in [2.75, 3.05) is 18.1 Å². The average Bonchev–Trinajstić information content (AvgIpc) is 2.79. The minimum Gasteiger partial charge on any atom is -0.355 e. The van der Waals surface area contributed by atoms with E-state index in [1.807, 2.05) is 12.1 Å². The Morgan fingerprint density at radius 3 is 2.48 bits per heavy atom. The lowest BCUT2D eigenvalue weighted by Gasteiger charge is -2.11. The molecule has 0 saturated carbocycles. The molecule has 1 aliphatic rings. The van der Waals surface area contributed by atoms with E-state index in [1.165, 1.54) is 0 Å². The highest BCUT2D eigenvalue weighted by atomic mass is 35.5. The van der Waals surface area contributed by atoms with Gasteiger partial charge in [-0.25, -0.2) is 8.42 Å². The normalized spacial score (nSPS) is 19.3. The molecule has 0 aliphatic carbocycles. The number of nitrogens with one attached hydrogen (secondary N) is 2. The summed E-state index contributed by atoms with van der Waals surface area (Å²) in [4.78, 5) is 23.4. The van der Waals surface area contributed by atoms with Crippen molar-refractivity contribution < 1.29 is 18.0 Å². The zero-order valence-electron chi connectivity index (χ0n) is 12.5. The van der Waals surface area contributed by atoms with Gasteiger partial charge >= 0.3 is 0 Å². The van der Waals surface area contributed by atoms with Crippen LogP contribution in [0.5, 0.6) is 0 Å². The van der Waals surface area contributed by atoms with Crippen LogP contribution in [0, 0.1) is 0 Å². The maximum Gasteiger partial charge on any atom is 0.229 e. The predicted molar refractivity (Wildman–Crippen MR) is 88.0 cm³/mol. The second-order valence-corrected chi connectivity index (χ2v) is 8.24. The molecule has 1 heterocycles. The number of hydrogen-bond acceptors (Lipinski definition) is 4. The fourth-order valence-electron chi connectivity index (χ4n) is 2.39. The standard InChI is InChI=1S/C15H19ClN2O4S/c16-12-3-1-11(2-4-12)5-7-17-14(19)9-15(20)18-13-6-8-23(21,22)10-13/h1-4,13H,5-10H2,(H,17,19)(H,18,20). The van der Waals surface area contributed by atoms with Crippen LogP contribution in [0.25, 0.3) is 0 Å². The molecule has 126 valence electrons. The largest absolute Gasteiger partial charge is 0.355 e. The molecule has 1 aromatic rings. The molecule has 6 nitrogen and oxygen atoms in total. The monoisotopic (exact) mass is 358 g/mol. The molecule has 1 atom stereocenters. The maximum atomic E-state index is 11.7. The number of sulfone groups is 1. The molecule has 1 aromatic carbocycles. The summed E-state index contributed by atoms with van der Waals surface area (Å²) in [6.07, 6.45) is 0.759. The molecule has 1 saturated heterocycles. The van der Waals surface area contributed by atoms with Gasteiger partial charge < -0.3 is 10.6 Å². The third kappa shape index (κ3) is 6.19. The SMILES string of the molecule is O=C(CC(=O)NC1CCS(=O)(=O)C1)NCCc1ccc(Cl)cc1. The smallest absolute Gasteiger partial charge is 0.229 e. The Morgan fingerprint density at radius 1 is 1.17 bits per heavy atom. The van der Waals surface area contributed by atoms with Gasteiger partial charge in [0.15, 0.2) is 9.84 Å². The third-order valence-electron chi connectivity index (χ3n) is 3.57. The lowest BCUT2D eigenvalue weighted by Crippen LogP contribution is -2.39. The van der Waals surface area contributed by atoms with Crippen molar-refractivity contribution in [1.29, 1.82) is 0 Å². The van der Waals surface area contributed by atoms with Crippen LogP contribution in [-0.2, 0) is 25.8 Å². The van der Waals surface area contributed by atoms with E-state index in [1.54, 1.807) is 12.1 Å².